The molecule has 1 aromatic carbocycles. The van der Waals surface area contributed by atoms with Gasteiger partial charge in [0.15, 0.2) is 0 Å². The van der Waals surface area contributed by atoms with Crippen molar-refractivity contribution in [3.8, 4) is 0 Å². The average Bonchev–Trinajstić information content (AvgIpc) is 2.27. The van der Waals surface area contributed by atoms with Crippen molar-refractivity contribution in [1.29, 1.82) is 0 Å². The summed E-state index contributed by atoms with van der Waals surface area (Å²) in [6.07, 6.45) is 0.425. The van der Waals surface area contributed by atoms with Crippen LogP contribution >= 0.6 is 0 Å². The molecule has 18 heavy (non-hydrogen) atoms. The Hall–Kier alpha value is -1.35. The highest BCUT2D eigenvalue weighted by Crippen LogP contribution is 2.28. The van der Waals surface area contributed by atoms with Gasteiger partial charge in [-0.25, -0.2) is 0 Å². The van der Waals surface area contributed by atoms with Crippen molar-refractivity contribution in [3.05, 3.63) is 35.4 Å². The molecule has 2 rings (SSSR count). The van der Waals surface area contributed by atoms with Gasteiger partial charge in [-0.1, -0.05) is 43.7 Å². The van der Waals surface area contributed by atoms with Crippen LogP contribution in [0.1, 0.15) is 25.0 Å². The summed E-state index contributed by atoms with van der Waals surface area (Å²) >= 11 is 0. The van der Waals surface area contributed by atoms with Crippen LogP contribution in [0.25, 0.3) is 0 Å². The third kappa shape index (κ3) is 2.56. The number of β-amino-alcohol motifs (C(OH)–C–C–N with tert-alkyl or cyclic N) is 1. The van der Waals surface area contributed by atoms with Crippen LogP contribution in [0.3, 0.4) is 0 Å². The lowest BCUT2D eigenvalue weighted by molar-refractivity contribution is -0.163. The van der Waals surface area contributed by atoms with Gasteiger partial charge in [0.2, 0.25) is 5.91 Å². The Balaban J connectivity index is 1.89. The first-order valence-corrected chi connectivity index (χ1v) is 6.46. The minimum Gasteiger partial charge on any atom is -0.386 e. The number of hydrogen-bond donors (Lipinski definition) is 1. The second-order valence-corrected chi connectivity index (χ2v) is 5.67. The van der Waals surface area contributed by atoms with E-state index in [0.29, 0.717) is 19.5 Å². The van der Waals surface area contributed by atoms with Gasteiger partial charge in [0.05, 0.1) is 19.5 Å². The molecule has 0 bridgehead atoms. The summed E-state index contributed by atoms with van der Waals surface area (Å²) in [4.78, 5) is 13.7. The molecule has 1 heterocycles. The van der Waals surface area contributed by atoms with E-state index in [9.17, 15) is 9.90 Å². The molecule has 1 amide bonds. The van der Waals surface area contributed by atoms with Crippen molar-refractivity contribution in [2.24, 2.45) is 5.92 Å². The standard InChI is InChI=1S/C15H21NO2/c1-11(2)15(18)9-16(10-15)14(17)8-13-6-4-12(3)5-7-13/h4-7,11,18H,8-10H2,1-3H3. The molecule has 3 heteroatoms. The molecule has 0 aliphatic carbocycles. The number of carbonyl (C=O) groups is 1. The summed E-state index contributed by atoms with van der Waals surface area (Å²) in [5, 5.41) is 10.1. The zero-order chi connectivity index (χ0) is 13.3. The third-order valence-corrected chi connectivity index (χ3v) is 3.83. The van der Waals surface area contributed by atoms with Gasteiger partial charge in [-0.15, -0.1) is 0 Å². The van der Waals surface area contributed by atoms with Crippen LogP contribution in [0.4, 0.5) is 0 Å². The zero-order valence-corrected chi connectivity index (χ0v) is 11.3. The number of benzene rings is 1. The molecule has 3 nitrogen and oxygen atoms in total. The molecular formula is C15H21NO2. The smallest absolute Gasteiger partial charge is 0.227 e. The van der Waals surface area contributed by atoms with Gasteiger partial charge in [0.1, 0.15) is 5.60 Å². The molecule has 1 aliphatic heterocycles. The number of aryl methyl sites for hydroxylation is 1. The second kappa shape index (κ2) is 4.73. The van der Waals surface area contributed by atoms with E-state index in [4.69, 9.17) is 0 Å². The predicted molar refractivity (Wildman–Crippen MR) is 71.3 cm³/mol. The molecule has 1 aromatic rings. The van der Waals surface area contributed by atoms with Gasteiger partial charge in [-0.05, 0) is 18.4 Å². The highest BCUT2D eigenvalue weighted by atomic mass is 16.3. The molecule has 98 valence electrons. The van der Waals surface area contributed by atoms with Gasteiger partial charge in [0.25, 0.3) is 0 Å². The second-order valence-electron chi connectivity index (χ2n) is 5.67. The first kappa shape index (κ1) is 13.1. The van der Waals surface area contributed by atoms with E-state index in [-0.39, 0.29) is 11.8 Å². The van der Waals surface area contributed by atoms with Crippen molar-refractivity contribution in [2.45, 2.75) is 32.8 Å². The van der Waals surface area contributed by atoms with Crippen LogP contribution in [0.15, 0.2) is 24.3 Å². The number of likely N-dealkylation sites (tertiary alicyclic amines) is 1. The molecule has 1 fully saturated rings. The first-order chi connectivity index (χ1) is 8.40. The van der Waals surface area contributed by atoms with Gasteiger partial charge >= 0.3 is 0 Å². The molecule has 0 aromatic heterocycles. The molecule has 0 unspecified atom stereocenters. The molecule has 0 atom stereocenters. The number of aliphatic hydroxyl groups is 1. The van der Waals surface area contributed by atoms with Crippen LogP contribution in [-0.4, -0.2) is 34.6 Å². The first-order valence-electron chi connectivity index (χ1n) is 6.46. The number of nitrogens with zero attached hydrogens (tertiary/aromatic N) is 1. The molecule has 0 radical (unpaired) electrons. The monoisotopic (exact) mass is 247 g/mol. The summed E-state index contributed by atoms with van der Waals surface area (Å²) in [5.41, 5.74) is 1.55. The Kier molecular flexibility index (Phi) is 3.44. The topological polar surface area (TPSA) is 40.5 Å². The largest absolute Gasteiger partial charge is 0.386 e. The number of amides is 1. The fraction of sp³-hybridized carbons (Fsp3) is 0.533. The van der Waals surface area contributed by atoms with Crippen LogP contribution in [0.2, 0.25) is 0 Å². The summed E-state index contributed by atoms with van der Waals surface area (Å²) in [6, 6.07) is 8.01. The van der Waals surface area contributed by atoms with Crippen molar-refractivity contribution in [1.82, 2.24) is 4.90 Å². The van der Waals surface area contributed by atoms with E-state index in [1.807, 2.05) is 45.0 Å². The minimum absolute atomic E-state index is 0.101. The fourth-order valence-corrected chi connectivity index (χ4v) is 2.15. The van der Waals surface area contributed by atoms with Crippen molar-refractivity contribution >= 4 is 5.91 Å². The van der Waals surface area contributed by atoms with E-state index in [1.165, 1.54) is 5.56 Å². The molecule has 1 N–H and O–H groups in total. The number of carbonyl (C=O) groups excluding carboxylic acids is 1. The molecular weight excluding hydrogens is 226 g/mol. The summed E-state index contributed by atoms with van der Waals surface area (Å²) < 4.78 is 0. The molecule has 0 spiro atoms. The summed E-state index contributed by atoms with van der Waals surface area (Å²) in [6.45, 7) is 6.94. The maximum Gasteiger partial charge on any atom is 0.227 e. The van der Waals surface area contributed by atoms with E-state index in [2.05, 4.69) is 0 Å². The average molecular weight is 247 g/mol. The maximum atomic E-state index is 12.0. The van der Waals surface area contributed by atoms with Gasteiger partial charge in [-0.2, -0.15) is 0 Å². The van der Waals surface area contributed by atoms with E-state index in [1.54, 1.807) is 4.90 Å². The van der Waals surface area contributed by atoms with Gasteiger partial charge in [-0.3, -0.25) is 4.79 Å². The molecule has 1 aliphatic rings. The van der Waals surface area contributed by atoms with Crippen molar-refractivity contribution in [2.75, 3.05) is 13.1 Å². The number of hydrogen-bond acceptors (Lipinski definition) is 2. The highest BCUT2D eigenvalue weighted by Gasteiger charge is 2.45. The maximum absolute atomic E-state index is 12.0. The quantitative estimate of drug-likeness (QED) is 0.884. The van der Waals surface area contributed by atoms with E-state index >= 15 is 0 Å². The Morgan fingerprint density at radius 1 is 1.33 bits per heavy atom. The Bertz CT molecular complexity index is 430. The lowest BCUT2D eigenvalue weighted by Crippen LogP contribution is -2.66. The summed E-state index contributed by atoms with van der Waals surface area (Å²) in [5.74, 6) is 0.296. The minimum atomic E-state index is -0.678. The van der Waals surface area contributed by atoms with Crippen molar-refractivity contribution < 1.29 is 9.90 Å². The fourth-order valence-electron chi connectivity index (χ4n) is 2.15. The zero-order valence-electron chi connectivity index (χ0n) is 11.3. The van der Waals surface area contributed by atoms with Crippen LogP contribution in [0, 0.1) is 12.8 Å². The Labute approximate surface area is 108 Å². The van der Waals surface area contributed by atoms with E-state index < -0.39 is 5.60 Å². The van der Waals surface area contributed by atoms with Gasteiger partial charge in [0, 0.05) is 0 Å². The van der Waals surface area contributed by atoms with Crippen molar-refractivity contribution in [3.63, 3.8) is 0 Å². The Morgan fingerprint density at radius 2 is 1.89 bits per heavy atom. The van der Waals surface area contributed by atoms with E-state index in [0.717, 1.165) is 5.56 Å². The molecule has 1 saturated heterocycles. The number of rotatable bonds is 3. The van der Waals surface area contributed by atoms with Crippen LogP contribution < -0.4 is 0 Å². The van der Waals surface area contributed by atoms with Gasteiger partial charge < -0.3 is 10.0 Å². The molecule has 0 saturated carbocycles. The normalized spacial score (nSPS) is 17.7. The SMILES string of the molecule is Cc1ccc(CC(=O)N2CC(O)(C(C)C)C2)cc1. The lowest BCUT2D eigenvalue weighted by Gasteiger charge is -2.49. The van der Waals surface area contributed by atoms with Crippen LogP contribution in [-0.2, 0) is 11.2 Å². The lowest BCUT2D eigenvalue weighted by atomic mass is 9.83. The third-order valence-electron chi connectivity index (χ3n) is 3.83. The Morgan fingerprint density at radius 3 is 2.39 bits per heavy atom. The van der Waals surface area contributed by atoms with Crippen LogP contribution in [0.5, 0.6) is 0 Å². The summed E-state index contributed by atoms with van der Waals surface area (Å²) in [7, 11) is 0. The predicted octanol–water partition coefficient (Wildman–Crippen LogP) is 1.77. The highest BCUT2D eigenvalue weighted by molar-refractivity contribution is 5.79.